The summed E-state index contributed by atoms with van der Waals surface area (Å²) in [4.78, 5) is 30.9. The Bertz CT molecular complexity index is 528. The highest BCUT2D eigenvalue weighted by molar-refractivity contribution is 5.99. The Morgan fingerprint density at radius 2 is 2.14 bits per heavy atom. The summed E-state index contributed by atoms with van der Waals surface area (Å²) in [6, 6.07) is 3.32. The van der Waals surface area contributed by atoms with Crippen LogP contribution in [-0.2, 0) is 16.1 Å². The molecule has 0 aromatic carbocycles. The number of rotatable bonds is 4. The van der Waals surface area contributed by atoms with Gasteiger partial charge in [0.1, 0.15) is 11.6 Å². The average molecular weight is 289 g/mol. The van der Waals surface area contributed by atoms with E-state index in [0.717, 1.165) is 12.0 Å². The van der Waals surface area contributed by atoms with Gasteiger partial charge in [-0.2, -0.15) is 0 Å². The normalized spacial score (nSPS) is 22.9. The van der Waals surface area contributed by atoms with Crippen LogP contribution in [-0.4, -0.2) is 33.3 Å². The van der Waals surface area contributed by atoms with Gasteiger partial charge in [0.15, 0.2) is 0 Å². The van der Waals surface area contributed by atoms with Crippen LogP contribution >= 0.6 is 0 Å². The lowest BCUT2D eigenvalue weighted by molar-refractivity contribution is -0.157. The van der Waals surface area contributed by atoms with Crippen LogP contribution in [0.15, 0.2) is 24.5 Å². The molecular weight excluding hydrogens is 266 g/mol. The Morgan fingerprint density at radius 1 is 1.43 bits per heavy atom. The average Bonchev–Trinajstić information content (AvgIpc) is 2.48. The van der Waals surface area contributed by atoms with Crippen LogP contribution in [0.2, 0.25) is 0 Å². The van der Waals surface area contributed by atoms with Crippen molar-refractivity contribution in [2.75, 3.05) is 0 Å². The lowest BCUT2D eigenvalue weighted by Gasteiger charge is -2.45. The number of amides is 2. The predicted octanol–water partition coefficient (Wildman–Crippen LogP) is 1.73. The van der Waals surface area contributed by atoms with E-state index in [9.17, 15) is 9.59 Å². The second kappa shape index (κ2) is 5.84. The Kier molecular flexibility index (Phi) is 4.30. The first kappa shape index (κ1) is 15.5. The fourth-order valence-corrected chi connectivity index (χ4v) is 2.52. The Labute approximate surface area is 125 Å². The van der Waals surface area contributed by atoms with Gasteiger partial charge in [0.2, 0.25) is 11.8 Å². The van der Waals surface area contributed by atoms with Gasteiger partial charge < -0.3 is 10.2 Å². The number of nitrogens with zero attached hydrogens (tertiary/aromatic N) is 2. The van der Waals surface area contributed by atoms with E-state index in [2.05, 4.69) is 10.3 Å². The van der Waals surface area contributed by atoms with Gasteiger partial charge in [0.25, 0.3) is 0 Å². The number of piperazine rings is 1. The van der Waals surface area contributed by atoms with Crippen molar-refractivity contribution in [1.29, 1.82) is 0 Å². The Morgan fingerprint density at radius 3 is 2.71 bits per heavy atom. The molecule has 1 aliphatic heterocycles. The number of pyridine rings is 1. The number of hydrogen-bond acceptors (Lipinski definition) is 3. The molecule has 5 nitrogen and oxygen atoms in total. The van der Waals surface area contributed by atoms with E-state index in [-0.39, 0.29) is 17.7 Å². The zero-order valence-corrected chi connectivity index (χ0v) is 13.1. The van der Waals surface area contributed by atoms with E-state index in [0.29, 0.717) is 6.54 Å². The standard InChI is InChI=1S/C16H23N3O2/c1-5-11(2)13-14(20)19(16(3,4)15(21)18-13)10-12-7-6-8-17-9-12/h6-9,11,13H,5,10H2,1-4H3,(H,18,21). The van der Waals surface area contributed by atoms with Gasteiger partial charge in [-0.05, 0) is 31.4 Å². The first-order valence-corrected chi connectivity index (χ1v) is 7.39. The second-order valence-corrected chi connectivity index (χ2v) is 6.18. The summed E-state index contributed by atoms with van der Waals surface area (Å²) in [6.45, 7) is 7.98. The van der Waals surface area contributed by atoms with Crippen molar-refractivity contribution in [2.45, 2.75) is 52.2 Å². The first-order valence-electron chi connectivity index (χ1n) is 7.39. The van der Waals surface area contributed by atoms with Crippen molar-refractivity contribution in [2.24, 2.45) is 5.92 Å². The predicted molar refractivity (Wildman–Crippen MR) is 80.3 cm³/mol. The van der Waals surface area contributed by atoms with Gasteiger partial charge in [-0.3, -0.25) is 14.6 Å². The lowest BCUT2D eigenvalue weighted by Crippen LogP contribution is -2.69. The molecule has 1 aromatic rings. The van der Waals surface area contributed by atoms with Crippen LogP contribution in [0.25, 0.3) is 0 Å². The van der Waals surface area contributed by atoms with Gasteiger partial charge in [0, 0.05) is 18.9 Å². The molecule has 0 radical (unpaired) electrons. The van der Waals surface area contributed by atoms with Crippen LogP contribution in [0.3, 0.4) is 0 Å². The number of aromatic nitrogens is 1. The summed E-state index contributed by atoms with van der Waals surface area (Å²) in [5, 5.41) is 2.88. The maximum Gasteiger partial charge on any atom is 0.246 e. The molecule has 0 bridgehead atoms. The molecule has 0 aliphatic carbocycles. The fraction of sp³-hybridized carbons (Fsp3) is 0.562. The molecule has 5 heteroatoms. The third-order valence-electron chi connectivity index (χ3n) is 4.33. The zero-order chi connectivity index (χ0) is 15.6. The third kappa shape index (κ3) is 2.91. The second-order valence-electron chi connectivity index (χ2n) is 6.18. The van der Waals surface area contributed by atoms with Gasteiger partial charge in [-0.1, -0.05) is 26.3 Å². The molecule has 0 spiro atoms. The van der Waals surface area contributed by atoms with Gasteiger partial charge in [-0.25, -0.2) is 0 Å². The monoisotopic (exact) mass is 289 g/mol. The van der Waals surface area contributed by atoms with E-state index in [4.69, 9.17) is 0 Å². The molecule has 1 fully saturated rings. The van der Waals surface area contributed by atoms with Crippen LogP contribution in [0.4, 0.5) is 0 Å². The summed E-state index contributed by atoms with van der Waals surface area (Å²) in [5.74, 6) is 0.00282. The van der Waals surface area contributed by atoms with Crippen LogP contribution in [0, 0.1) is 5.92 Å². The molecule has 1 aliphatic rings. The van der Waals surface area contributed by atoms with Gasteiger partial charge in [-0.15, -0.1) is 0 Å². The molecule has 1 saturated heterocycles. The Balaban J connectivity index is 2.29. The summed E-state index contributed by atoms with van der Waals surface area (Å²) in [6.07, 6.45) is 4.27. The molecule has 2 unspecified atom stereocenters. The minimum absolute atomic E-state index is 0.0159. The van der Waals surface area contributed by atoms with Crippen molar-refractivity contribution in [1.82, 2.24) is 15.2 Å². The van der Waals surface area contributed by atoms with Crippen molar-refractivity contribution in [3.8, 4) is 0 Å². The molecule has 1 aromatic heterocycles. The summed E-state index contributed by atoms with van der Waals surface area (Å²) in [5.41, 5.74) is 0.0770. The topological polar surface area (TPSA) is 62.3 Å². The molecule has 114 valence electrons. The highest BCUT2D eigenvalue weighted by Gasteiger charge is 2.47. The van der Waals surface area contributed by atoms with E-state index in [1.807, 2.05) is 26.0 Å². The van der Waals surface area contributed by atoms with Crippen molar-refractivity contribution in [3.63, 3.8) is 0 Å². The minimum Gasteiger partial charge on any atom is -0.342 e. The van der Waals surface area contributed by atoms with Gasteiger partial charge >= 0.3 is 0 Å². The largest absolute Gasteiger partial charge is 0.342 e. The number of hydrogen-bond donors (Lipinski definition) is 1. The smallest absolute Gasteiger partial charge is 0.246 e. The van der Waals surface area contributed by atoms with E-state index in [1.165, 1.54) is 0 Å². The molecule has 2 atom stereocenters. The Hall–Kier alpha value is -1.91. The minimum atomic E-state index is -0.850. The van der Waals surface area contributed by atoms with E-state index >= 15 is 0 Å². The summed E-state index contributed by atoms with van der Waals surface area (Å²) < 4.78 is 0. The van der Waals surface area contributed by atoms with Gasteiger partial charge in [0.05, 0.1) is 0 Å². The molecule has 2 amide bonds. The van der Waals surface area contributed by atoms with Crippen molar-refractivity contribution in [3.05, 3.63) is 30.1 Å². The van der Waals surface area contributed by atoms with E-state index < -0.39 is 11.6 Å². The highest BCUT2D eigenvalue weighted by Crippen LogP contribution is 2.26. The highest BCUT2D eigenvalue weighted by atomic mass is 16.2. The molecule has 0 saturated carbocycles. The molecule has 2 rings (SSSR count). The van der Waals surface area contributed by atoms with E-state index in [1.54, 1.807) is 31.1 Å². The van der Waals surface area contributed by atoms with Crippen LogP contribution in [0.5, 0.6) is 0 Å². The maximum absolute atomic E-state index is 12.8. The molecule has 2 heterocycles. The zero-order valence-electron chi connectivity index (χ0n) is 13.1. The maximum atomic E-state index is 12.8. The molecule has 1 N–H and O–H groups in total. The first-order chi connectivity index (χ1) is 9.87. The molecule has 21 heavy (non-hydrogen) atoms. The summed E-state index contributed by atoms with van der Waals surface area (Å²) in [7, 11) is 0. The van der Waals surface area contributed by atoms with Crippen LogP contribution < -0.4 is 5.32 Å². The van der Waals surface area contributed by atoms with Crippen molar-refractivity contribution >= 4 is 11.8 Å². The van der Waals surface area contributed by atoms with Crippen molar-refractivity contribution < 1.29 is 9.59 Å². The fourth-order valence-electron chi connectivity index (χ4n) is 2.52. The third-order valence-corrected chi connectivity index (χ3v) is 4.33. The lowest BCUT2D eigenvalue weighted by atomic mass is 9.89. The van der Waals surface area contributed by atoms with Crippen LogP contribution in [0.1, 0.15) is 39.7 Å². The quantitative estimate of drug-likeness (QED) is 0.918. The summed E-state index contributed by atoms with van der Waals surface area (Å²) >= 11 is 0. The SMILES string of the molecule is CCC(C)C1NC(=O)C(C)(C)N(Cc2cccnc2)C1=O. The number of carbonyl (C=O) groups is 2. The number of nitrogens with one attached hydrogen (secondary N) is 1. The number of carbonyl (C=O) groups excluding carboxylic acids is 2. The molecular formula is C16H23N3O2.